The van der Waals surface area contributed by atoms with Gasteiger partial charge in [-0.05, 0) is 18.1 Å². The van der Waals surface area contributed by atoms with Crippen LogP contribution in [-0.2, 0) is 11.2 Å². The van der Waals surface area contributed by atoms with Crippen LogP contribution in [0.1, 0.15) is 11.8 Å². The molecule has 32 heavy (non-hydrogen) atoms. The molecule has 0 aliphatic carbocycles. The Hall–Kier alpha value is -3.03. The van der Waals surface area contributed by atoms with Gasteiger partial charge < -0.3 is 35.0 Å². The second kappa shape index (κ2) is 8.48. The van der Waals surface area contributed by atoms with Gasteiger partial charge in [0.25, 0.3) is 0 Å². The second-order valence-electron chi connectivity index (χ2n) is 7.73. The van der Waals surface area contributed by atoms with Crippen LogP contribution in [0.5, 0.6) is 11.5 Å². The highest BCUT2D eigenvalue weighted by Gasteiger charge is 2.44. The van der Waals surface area contributed by atoms with Crippen molar-refractivity contribution >= 4 is 17.0 Å². The average Bonchev–Trinajstić information content (AvgIpc) is 3.38. The summed E-state index contributed by atoms with van der Waals surface area (Å²) in [4.78, 5) is 12.8. The van der Waals surface area contributed by atoms with E-state index in [9.17, 15) is 15.3 Å². The molecule has 1 aromatic carbocycles. The van der Waals surface area contributed by atoms with Crippen LogP contribution in [0.3, 0.4) is 0 Å². The molecule has 0 saturated carbocycles. The molecule has 5 rings (SSSR count). The van der Waals surface area contributed by atoms with Gasteiger partial charge in [0, 0.05) is 6.07 Å². The van der Waals surface area contributed by atoms with E-state index < -0.39 is 31.1 Å². The third kappa shape index (κ3) is 3.61. The monoisotopic (exact) mass is 444 g/mol. The molecule has 170 valence electrons. The summed E-state index contributed by atoms with van der Waals surface area (Å²) in [5.74, 6) is 2.01. The summed E-state index contributed by atoms with van der Waals surface area (Å²) < 4.78 is 18.2. The van der Waals surface area contributed by atoms with Crippen LogP contribution in [0, 0.1) is 0 Å². The number of rotatable bonds is 6. The fourth-order valence-electron chi connectivity index (χ4n) is 3.98. The molecule has 0 spiro atoms. The lowest BCUT2D eigenvalue weighted by molar-refractivity contribution is -0.0511. The van der Waals surface area contributed by atoms with Crippen molar-refractivity contribution in [1.29, 1.82) is 0 Å². The first-order valence-corrected chi connectivity index (χ1v) is 10.2. The van der Waals surface area contributed by atoms with Crippen molar-refractivity contribution in [3.8, 4) is 11.5 Å². The Morgan fingerprint density at radius 1 is 1.22 bits per heavy atom. The molecule has 5 atom stereocenters. The van der Waals surface area contributed by atoms with E-state index in [1.165, 1.54) is 17.2 Å². The van der Waals surface area contributed by atoms with Crippen molar-refractivity contribution in [3.63, 3.8) is 0 Å². The molecule has 2 aliphatic rings. The number of aliphatic hydroxyl groups excluding tert-OH is 3. The van der Waals surface area contributed by atoms with Crippen molar-refractivity contribution in [2.24, 2.45) is 0 Å². The van der Waals surface area contributed by atoms with E-state index in [0.29, 0.717) is 23.6 Å². The lowest BCUT2D eigenvalue weighted by atomic mass is 10.0. The van der Waals surface area contributed by atoms with E-state index in [1.54, 1.807) is 7.11 Å². The van der Waals surface area contributed by atoms with Gasteiger partial charge in [-0.2, -0.15) is 0 Å². The molecule has 1 fully saturated rings. The van der Waals surface area contributed by atoms with Crippen LogP contribution >= 0.6 is 0 Å². The van der Waals surface area contributed by atoms with E-state index in [2.05, 4.69) is 25.8 Å². The standard InChI is InChI=1S/C20H24N6O6/c1-30-12-3-2-10-4-11(7-31-13(10)5-12)24-25-18-15-19(22-8-21-18)26(9-23-15)20-17(29)16(28)14(6-27)32-20/h2-3,5,8-9,11,14,16-17,20,24,27-29H,4,6-7H2,1H3,(H,21,22,25)/t11?,14-,16-,17-,20-/m1/s1. The van der Waals surface area contributed by atoms with Crippen molar-refractivity contribution in [2.75, 3.05) is 25.7 Å². The van der Waals surface area contributed by atoms with Crippen LogP contribution in [0.15, 0.2) is 30.9 Å². The maximum absolute atomic E-state index is 10.3. The molecule has 0 bridgehead atoms. The zero-order valence-electron chi connectivity index (χ0n) is 17.3. The van der Waals surface area contributed by atoms with Crippen LogP contribution in [0.25, 0.3) is 11.2 Å². The number of hydrogen-bond donors (Lipinski definition) is 5. The van der Waals surface area contributed by atoms with Crippen molar-refractivity contribution in [2.45, 2.75) is 37.0 Å². The number of nitrogens with zero attached hydrogens (tertiary/aromatic N) is 4. The second-order valence-corrected chi connectivity index (χ2v) is 7.73. The van der Waals surface area contributed by atoms with Crippen molar-refractivity contribution < 1.29 is 29.5 Å². The first-order valence-electron chi connectivity index (χ1n) is 10.2. The average molecular weight is 444 g/mol. The maximum atomic E-state index is 10.3. The smallest absolute Gasteiger partial charge is 0.171 e. The van der Waals surface area contributed by atoms with E-state index in [-0.39, 0.29) is 6.04 Å². The van der Waals surface area contributed by atoms with E-state index in [4.69, 9.17) is 14.2 Å². The third-order valence-corrected chi connectivity index (χ3v) is 5.73. The number of hydrazine groups is 1. The first kappa shape index (κ1) is 20.8. The predicted octanol–water partition coefficient (Wildman–Crippen LogP) is -0.633. The molecule has 5 N–H and O–H groups in total. The molecule has 3 aromatic rings. The predicted molar refractivity (Wildman–Crippen MR) is 111 cm³/mol. The van der Waals surface area contributed by atoms with Gasteiger partial charge in [-0.15, -0.1) is 0 Å². The number of fused-ring (bicyclic) bond motifs is 2. The van der Waals surface area contributed by atoms with Crippen LogP contribution in [-0.4, -0.2) is 79.5 Å². The molecule has 12 nitrogen and oxygen atoms in total. The van der Waals surface area contributed by atoms with Crippen LogP contribution in [0.4, 0.5) is 5.82 Å². The highest BCUT2D eigenvalue weighted by Crippen LogP contribution is 2.32. The maximum Gasteiger partial charge on any atom is 0.171 e. The summed E-state index contributed by atoms with van der Waals surface area (Å²) in [5.41, 5.74) is 8.23. The first-order chi connectivity index (χ1) is 15.6. The topological polar surface area (TPSA) is 156 Å². The summed E-state index contributed by atoms with van der Waals surface area (Å²) in [5, 5.41) is 29.7. The Balaban J connectivity index is 1.31. The minimum absolute atomic E-state index is 0.0107. The molecular formula is C20H24N6O6. The molecule has 1 unspecified atom stereocenters. The number of ether oxygens (including phenoxy) is 3. The van der Waals surface area contributed by atoms with Gasteiger partial charge in [0.1, 0.15) is 42.7 Å². The number of aromatic nitrogens is 4. The summed E-state index contributed by atoms with van der Waals surface area (Å²) >= 11 is 0. The lowest BCUT2D eigenvalue weighted by Gasteiger charge is -2.26. The van der Waals surface area contributed by atoms with Gasteiger partial charge in [-0.1, -0.05) is 6.07 Å². The van der Waals surface area contributed by atoms with E-state index in [1.807, 2.05) is 18.2 Å². The zero-order chi connectivity index (χ0) is 22.2. The SMILES string of the molecule is COc1ccc2c(c1)OCC(NNc1ncnc3c1ncn3[C@@H]1O[C@H](CO)[C@@H](O)[C@H]1O)C2. The summed E-state index contributed by atoms with van der Waals surface area (Å²) in [7, 11) is 1.62. The summed E-state index contributed by atoms with van der Waals surface area (Å²) in [6.07, 6.45) is -0.684. The fourth-order valence-corrected chi connectivity index (χ4v) is 3.98. The Kier molecular flexibility index (Phi) is 5.53. The molecule has 2 aromatic heterocycles. The van der Waals surface area contributed by atoms with Crippen molar-refractivity contribution in [1.82, 2.24) is 24.9 Å². The Labute approximate surface area is 182 Å². The van der Waals surface area contributed by atoms with Gasteiger partial charge in [0.15, 0.2) is 23.2 Å². The Bertz CT molecular complexity index is 1110. The quantitative estimate of drug-likeness (QED) is 0.308. The summed E-state index contributed by atoms with van der Waals surface area (Å²) in [6, 6.07) is 5.74. The van der Waals surface area contributed by atoms with E-state index in [0.717, 1.165) is 23.5 Å². The molecule has 2 aliphatic heterocycles. The third-order valence-electron chi connectivity index (χ3n) is 5.73. The van der Waals surface area contributed by atoms with Crippen molar-refractivity contribution in [3.05, 3.63) is 36.4 Å². The number of nitrogens with one attached hydrogen (secondary N) is 2. The number of anilines is 1. The lowest BCUT2D eigenvalue weighted by Crippen LogP contribution is -2.42. The number of imidazole rings is 1. The number of benzene rings is 1. The summed E-state index contributed by atoms with van der Waals surface area (Å²) in [6.45, 7) is 0.0464. The highest BCUT2D eigenvalue weighted by molar-refractivity contribution is 5.82. The Morgan fingerprint density at radius 3 is 2.88 bits per heavy atom. The van der Waals surface area contributed by atoms with Gasteiger partial charge in [-0.3, -0.25) is 4.57 Å². The van der Waals surface area contributed by atoms with Crippen LogP contribution < -0.4 is 20.3 Å². The van der Waals surface area contributed by atoms with Crippen LogP contribution in [0.2, 0.25) is 0 Å². The molecule has 4 heterocycles. The molecule has 12 heteroatoms. The van der Waals surface area contributed by atoms with Gasteiger partial charge >= 0.3 is 0 Å². The number of methoxy groups -OCH3 is 1. The fraction of sp³-hybridized carbons (Fsp3) is 0.450. The molecule has 0 radical (unpaired) electrons. The van der Waals surface area contributed by atoms with Gasteiger partial charge in [0.05, 0.1) is 26.1 Å². The minimum atomic E-state index is -1.23. The van der Waals surface area contributed by atoms with E-state index >= 15 is 0 Å². The zero-order valence-corrected chi connectivity index (χ0v) is 17.3. The molecule has 1 saturated heterocycles. The van der Waals surface area contributed by atoms with Gasteiger partial charge in [0.2, 0.25) is 0 Å². The number of hydrogen-bond acceptors (Lipinski definition) is 11. The molecular weight excluding hydrogens is 420 g/mol. The largest absolute Gasteiger partial charge is 0.497 e. The molecule has 0 amide bonds. The highest BCUT2D eigenvalue weighted by atomic mass is 16.6. The Morgan fingerprint density at radius 2 is 2.09 bits per heavy atom. The normalized spacial score (nSPS) is 27.2. The van der Waals surface area contributed by atoms with Gasteiger partial charge in [-0.25, -0.2) is 20.4 Å². The number of aliphatic hydroxyl groups is 3. The minimum Gasteiger partial charge on any atom is -0.497 e.